The molecule has 2 amide bonds. The third kappa shape index (κ3) is 6.04. The van der Waals surface area contributed by atoms with Gasteiger partial charge in [-0.05, 0) is 43.5 Å². The summed E-state index contributed by atoms with van der Waals surface area (Å²) >= 11 is 0. The van der Waals surface area contributed by atoms with Crippen LogP contribution in [0.4, 0.5) is 0 Å². The Balaban J connectivity index is 1.84. The Kier molecular flexibility index (Phi) is 8.83. The molecule has 2 heterocycles. The average Bonchev–Trinajstić information content (AvgIpc) is 3.48. The summed E-state index contributed by atoms with van der Waals surface area (Å²) in [5, 5.41) is 0. The minimum absolute atomic E-state index is 0.0242. The van der Waals surface area contributed by atoms with Gasteiger partial charge in [0.1, 0.15) is 0 Å². The number of carbonyl (C=O) groups excluding carboxylic acids is 2. The van der Waals surface area contributed by atoms with E-state index in [2.05, 4.69) is 0 Å². The molecule has 0 aromatic heterocycles. The van der Waals surface area contributed by atoms with Crippen molar-refractivity contribution in [2.24, 2.45) is 0 Å². The van der Waals surface area contributed by atoms with Crippen LogP contribution in [0.5, 0.6) is 0 Å². The molecule has 1 aromatic rings. The maximum absolute atomic E-state index is 13.4. The molecule has 2 aliphatic rings. The van der Waals surface area contributed by atoms with E-state index < -0.39 is 0 Å². The number of nitrogens with zero attached hydrogens (tertiary/aromatic N) is 2. The monoisotopic (exact) mass is 434 g/mol. The summed E-state index contributed by atoms with van der Waals surface area (Å²) < 4.78 is 21.4. The van der Waals surface area contributed by atoms with Gasteiger partial charge in [-0.25, -0.2) is 0 Å². The normalized spacial score (nSPS) is 20.7. The summed E-state index contributed by atoms with van der Waals surface area (Å²) in [4.78, 5) is 30.5. The Bertz CT molecular complexity index is 685. The van der Waals surface area contributed by atoms with Gasteiger partial charge in [-0.2, -0.15) is 0 Å². The smallest absolute Gasteiger partial charge is 0.254 e. The molecule has 2 aliphatic heterocycles. The summed E-state index contributed by atoms with van der Waals surface area (Å²) in [7, 11) is 3.25. The molecule has 0 spiro atoms. The van der Waals surface area contributed by atoms with E-state index in [0.717, 1.165) is 18.4 Å². The summed E-state index contributed by atoms with van der Waals surface area (Å²) in [6, 6.07) is 5.44. The lowest BCUT2D eigenvalue weighted by Gasteiger charge is -2.29. The molecular formula is C23H34N2O6. The maximum Gasteiger partial charge on any atom is 0.254 e. The number of carbonyl (C=O) groups is 2. The van der Waals surface area contributed by atoms with Crippen molar-refractivity contribution in [3.05, 3.63) is 34.9 Å². The number of hydrogen-bond donors (Lipinski definition) is 0. The van der Waals surface area contributed by atoms with Gasteiger partial charge in [-0.3, -0.25) is 9.59 Å². The third-order valence-corrected chi connectivity index (χ3v) is 5.86. The van der Waals surface area contributed by atoms with Crippen LogP contribution >= 0.6 is 0 Å². The molecular weight excluding hydrogens is 400 g/mol. The molecule has 172 valence electrons. The van der Waals surface area contributed by atoms with Crippen molar-refractivity contribution in [2.75, 3.05) is 67.0 Å². The first-order valence-electron chi connectivity index (χ1n) is 10.9. The van der Waals surface area contributed by atoms with Crippen LogP contribution in [0, 0.1) is 6.92 Å². The first-order valence-corrected chi connectivity index (χ1v) is 10.9. The van der Waals surface area contributed by atoms with E-state index in [1.807, 2.05) is 28.9 Å². The number of rotatable bonds is 10. The van der Waals surface area contributed by atoms with Crippen molar-refractivity contribution < 1.29 is 28.5 Å². The van der Waals surface area contributed by atoms with Crippen molar-refractivity contribution >= 4 is 11.8 Å². The number of amides is 2. The van der Waals surface area contributed by atoms with E-state index >= 15 is 0 Å². The number of methoxy groups -OCH3 is 2. The zero-order valence-electron chi connectivity index (χ0n) is 18.8. The molecule has 0 radical (unpaired) electrons. The summed E-state index contributed by atoms with van der Waals surface area (Å²) in [5.74, 6) is -0.198. The van der Waals surface area contributed by atoms with Crippen molar-refractivity contribution in [3.63, 3.8) is 0 Å². The zero-order chi connectivity index (χ0) is 22.2. The van der Waals surface area contributed by atoms with Crippen LogP contribution in [0.2, 0.25) is 0 Å². The lowest BCUT2D eigenvalue weighted by atomic mass is 10.0. The Morgan fingerprint density at radius 2 is 1.32 bits per heavy atom. The topological polar surface area (TPSA) is 77.5 Å². The van der Waals surface area contributed by atoms with Crippen LogP contribution in [0.1, 0.15) is 39.1 Å². The average molecular weight is 435 g/mol. The van der Waals surface area contributed by atoms with Gasteiger partial charge in [0.15, 0.2) is 0 Å². The molecule has 2 unspecified atom stereocenters. The second-order valence-electron chi connectivity index (χ2n) is 8.11. The van der Waals surface area contributed by atoms with Crippen LogP contribution in [0.15, 0.2) is 18.2 Å². The highest BCUT2D eigenvalue weighted by molar-refractivity contribution is 6.00. The first kappa shape index (κ1) is 23.7. The molecule has 0 bridgehead atoms. The minimum Gasteiger partial charge on any atom is -0.383 e. The van der Waals surface area contributed by atoms with Crippen molar-refractivity contribution in [1.29, 1.82) is 0 Å². The highest BCUT2D eigenvalue weighted by Crippen LogP contribution is 2.21. The number of benzene rings is 1. The van der Waals surface area contributed by atoms with Gasteiger partial charge in [0.25, 0.3) is 11.8 Å². The molecule has 8 nitrogen and oxygen atoms in total. The fourth-order valence-corrected chi connectivity index (χ4v) is 4.18. The van der Waals surface area contributed by atoms with E-state index in [-0.39, 0.29) is 23.9 Å². The van der Waals surface area contributed by atoms with Crippen molar-refractivity contribution in [2.45, 2.75) is 31.8 Å². The van der Waals surface area contributed by atoms with E-state index in [4.69, 9.17) is 18.9 Å². The molecule has 8 heteroatoms. The lowest BCUT2D eigenvalue weighted by Crippen LogP contribution is -2.43. The fraction of sp³-hybridized carbons (Fsp3) is 0.652. The predicted molar refractivity (Wildman–Crippen MR) is 115 cm³/mol. The number of aryl methyl sites for hydroxylation is 1. The third-order valence-electron chi connectivity index (χ3n) is 5.86. The largest absolute Gasteiger partial charge is 0.383 e. The van der Waals surface area contributed by atoms with Gasteiger partial charge in [0, 0.05) is 51.6 Å². The minimum atomic E-state index is -0.0991. The van der Waals surface area contributed by atoms with Crippen LogP contribution < -0.4 is 0 Å². The second kappa shape index (κ2) is 11.6. The standard InChI is InChI=1S/C23H34N2O6/c1-17-12-18(22(26)24(6-10-28-2)20-4-8-30-15-20)14-19(13-17)23(27)25(7-11-29-3)21-5-9-31-16-21/h12-14,20-21H,4-11,15-16H2,1-3H3. The molecule has 31 heavy (non-hydrogen) atoms. The second-order valence-corrected chi connectivity index (χ2v) is 8.11. The van der Waals surface area contributed by atoms with Gasteiger partial charge >= 0.3 is 0 Å². The highest BCUT2D eigenvalue weighted by Gasteiger charge is 2.31. The molecule has 2 fully saturated rings. The van der Waals surface area contributed by atoms with Crippen molar-refractivity contribution in [1.82, 2.24) is 9.80 Å². The summed E-state index contributed by atoms with van der Waals surface area (Å²) in [6.07, 6.45) is 1.61. The predicted octanol–water partition coefficient (Wildman–Crippen LogP) is 1.75. The van der Waals surface area contributed by atoms with Crippen molar-refractivity contribution in [3.8, 4) is 0 Å². The van der Waals surface area contributed by atoms with E-state index in [0.29, 0.717) is 63.9 Å². The van der Waals surface area contributed by atoms with E-state index in [9.17, 15) is 9.59 Å². The lowest BCUT2D eigenvalue weighted by molar-refractivity contribution is 0.0572. The Hall–Kier alpha value is -2.00. The molecule has 0 N–H and O–H groups in total. The quantitative estimate of drug-likeness (QED) is 0.558. The van der Waals surface area contributed by atoms with E-state index in [1.165, 1.54) is 0 Å². The Labute approximate surface area is 184 Å². The summed E-state index contributed by atoms with van der Waals surface area (Å²) in [6.45, 7) is 6.13. The Morgan fingerprint density at radius 1 is 0.871 bits per heavy atom. The van der Waals surface area contributed by atoms with Crippen LogP contribution in [-0.4, -0.2) is 101 Å². The molecule has 3 rings (SSSR count). The molecule has 0 saturated carbocycles. The number of hydrogen-bond acceptors (Lipinski definition) is 6. The van der Waals surface area contributed by atoms with Gasteiger partial charge in [0.2, 0.25) is 0 Å². The fourth-order valence-electron chi connectivity index (χ4n) is 4.18. The van der Waals surface area contributed by atoms with Crippen LogP contribution in [0.3, 0.4) is 0 Å². The van der Waals surface area contributed by atoms with Gasteiger partial charge in [-0.15, -0.1) is 0 Å². The molecule has 0 aliphatic carbocycles. The van der Waals surface area contributed by atoms with Crippen LogP contribution in [0.25, 0.3) is 0 Å². The van der Waals surface area contributed by atoms with Gasteiger partial charge in [-0.1, -0.05) is 0 Å². The molecule has 2 saturated heterocycles. The van der Waals surface area contributed by atoms with Crippen LogP contribution in [-0.2, 0) is 18.9 Å². The maximum atomic E-state index is 13.4. The molecule has 2 atom stereocenters. The van der Waals surface area contributed by atoms with E-state index in [1.54, 1.807) is 20.3 Å². The number of ether oxygens (including phenoxy) is 4. The first-order chi connectivity index (χ1) is 15.0. The van der Waals surface area contributed by atoms with Gasteiger partial charge in [0.05, 0.1) is 38.5 Å². The summed E-state index contributed by atoms with van der Waals surface area (Å²) in [5.41, 5.74) is 1.90. The van der Waals surface area contributed by atoms with Gasteiger partial charge < -0.3 is 28.7 Å². The molecule has 1 aromatic carbocycles. The SMILES string of the molecule is COCCN(C(=O)c1cc(C)cc(C(=O)N(CCOC)C2CCOC2)c1)C1CCOC1. The Morgan fingerprint density at radius 3 is 1.68 bits per heavy atom. The zero-order valence-corrected chi connectivity index (χ0v) is 18.8. The highest BCUT2D eigenvalue weighted by atomic mass is 16.5.